The van der Waals surface area contributed by atoms with E-state index < -0.39 is 0 Å². The Bertz CT molecular complexity index is 750. The van der Waals surface area contributed by atoms with E-state index in [2.05, 4.69) is 10.4 Å². The topological polar surface area (TPSA) is 46.9 Å². The molecule has 19 heavy (non-hydrogen) atoms. The molecule has 1 N–H and O–H groups in total. The summed E-state index contributed by atoms with van der Waals surface area (Å²) in [4.78, 5) is 16.0. The summed E-state index contributed by atoms with van der Waals surface area (Å²) in [5.41, 5.74) is 4.97. The highest BCUT2D eigenvalue weighted by molar-refractivity contribution is 5.78. The molecule has 0 saturated carbocycles. The molecule has 2 aromatic heterocycles. The van der Waals surface area contributed by atoms with E-state index in [1.54, 1.807) is 23.1 Å². The molecule has 0 saturated heterocycles. The van der Waals surface area contributed by atoms with Crippen LogP contribution in [-0.2, 0) is 6.54 Å². The monoisotopic (exact) mass is 251 g/mol. The largest absolute Gasteiger partial charge is 0.318 e. The molecule has 4 nitrogen and oxygen atoms in total. The molecule has 0 unspecified atom stereocenters. The minimum atomic E-state index is -0.0670. The van der Waals surface area contributed by atoms with Crippen molar-refractivity contribution in [3.63, 3.8) is 0 Å². The fraction of sp³-hybridized carbons (Fsp3) is 0.0667. The minimum Gasteiger partial charge on any atom is -0.318 e. The highest BCUT2D eigenvalue weighted by Crippen LogP contribution is 2.09. The molecule has 0 amide bonds. The molecule has 3 aromatic rings. The van der Waals surface area contributed by atoms with Crippen LogP contribution in [0.15, 0.2) is 65.7 Å². The first-order valence-corrected chi connectivity index (χ1v) is 6.08. The van der Waals surface area contributed by atoms with Crippen molar-refractivity contribution in [2.24, 2.45) is 0 Å². The molecule has 94 valence electrons. The number of nitrogens with zero attached hydrogens (tertiary/aromatic N) is 2. The smallest absolute Gasteiger partial charge is 0.269 e. The van der Waals surface area contributed by atoms with Crippen LogP contribution >= 0.6 is 0 Å². The van der Waals surface area contributed by atoms with Crippen molar-refractivity contribution in [3.05, 3.63) is 76.8 Å². The maximum atomic E-state index is 11.9. The molecule has 1 aromatic carbocycles. The maximum absolute atomic E-state index is 11.9. The number of para-hydroxylation sites is 1. The van der Waals surface area contributed by atoms with Gasteiger partial charge in [0.05, 0.1) is 12.1 Å². The molecule has 0 aliphatic heterocycles. The Hall–Kier alpha value is -2.62. The van der Waals surface area contributed by atoms with Gasteiger partial charge in [-0.15, -0.1) is 0 Å². The van der Waals surface area contributed by atoms with Crippen LogP contribution in [0, 0.1) is 0 Å². The van der Waals surface area contributed by atoms with Crippen LogP contribution in [0.4, 0.5) is 0 Å². The summed E-state index contributed by atoms with van der Waals surface area (Å²) in [6, 6.07) is 15.0. The lowest BCUT2D eigenvalue weighted by atomic mass is 10.2. The maximum Gasteiger partial charge on any atom is 0.269 e. The lowest BCUT2D eigenvalue weighted by Gasteiger charge is -2.12. The second-order valence-corrected chi connectivity index (χ2v) is 4.26. The highest BCUT2D eigenvalue weighted by Gasteiger charge is 2.01. The van der Waals surface area contributed by atoms with Gasteiger partial charge >= 0.3 is 0 Å². The van der Waals surface area contributed by atoms with Gasteiger partial charge in [-0.2, -0.15) is 0 Å². The van der Waals surface area contributed by atoms with Crippen LogP contribution in [0.25, 0.3) is 10.9 Å². The van der Waals surface area contributed by atoms with E-state index in [1.165, 1.54) is 0 Å². The number of pyridine rings is 2. The second-order valence-electron chi connectivity index (χ2n) is 4.26. The highest BCUT2D eigenvalue weighted by atomic mass is 16.1. The van der Waals surface area contributed by atoms with Gasteiger partial charge in [0, 0.05) is 23.8 Å². The van der Waals surface area contributed by atoms with Crippen LogP contribution in [-0.4, -0.2) is 9.66 Å². The third kappa shape index (κ3) is 2.33. The van der Waals surface area contributed by atoms with Gasteiger partial charge in [-0.3, -0.25) is 9.78 Å². The fourth-order valence-corrected chi connectivity index (χ4v) is 2.02. The zero-order valence-electron chi connectivity index (χ0n) is 10.3. The number of aromatic nitrogens is 2. The van der Waals surface area contributed by atoms with Crippen LogP contribution in [0.1, 0.15) is 5.56 Å². The Labute approximate surface area is 110 Å². The van der Waals surface area contributed by atoms with Crippen molar-refractivity contribution in [2.75, 3.05) is 5.43 Å². The van der Waals surface area contributed by atoms with Gasteiger partial charge in [0.2, 0.25) is 0 Å². The number of nitrogens with one attached hydrogen (secondary N) is 1. The van der Waals surface area contributed by atoms with E-state index in [9.17, 15) is 4.79 Å². The van der Waals surface area contributed by atoms with Crippen molar-refractivity contribution in [3.8, 4) is 0 Å². The molecular formula is C15H13N3O. The first-order chi connectivity index (χ1) is 9.34. The summed E-state index contributed by atoms with van der Waals surface area (Å²) >= 11 is 0. The first-order valence-electron chi connectivity index (χ1n) is 6.08. The summed E-state index contributed by atoms with van der Waals surface area (Å²) in [6.45, 7) is 0.557. The van der Waals surface area contributed by atoms with E-state index in [4.69, 9.17) is 0 Å². The Morgan fingerprint density at radius 1 is 1.05 bits per heavy atom. The van der Waals surface area contributed by atoms with Crippen LogP contribution in [0.2, 0.25) is 0 Å². The van der Waals surface area contributed by atoms with Crippen LogP contribution < -0.4 is 11.0 Å². The normalized spacial score (nSPS) is 10.5. The third-order valence-electron chi connectivity index (χ3n) is 2.97. The molecule has 0 aliphatic carbocycles. The molecule has 0 aliphatic rings. The summed E-state index contributed by atoms with van der Waals surface area (Å²) in [6.07, 6.45) is 3.51. The lowest BCUT2D eigenvalue weighted by molar-refractivity contribution is 0.833. The molecule has 3 rings (SSSR count). The lowest BCUT2D eigenvalue weighted by Crippen LogP contribution is -2.28. The van der Waals surface area contributed by atoms with Gasteiger partial charge in [-0.1, -0.05) is 24.3 Å². The average Bonchev–Trinajstić information content (AvgIpc) is 2.47. The number of benzene rings is 1. The average molecular weight is 251 g/mol. The number of hydrogen-bond donors (Lipinski definition) is 1. The van der Waals surface area contributed by atoms with Gasteiger partial charge in [-0.05, 0) is 23.8 Å². The zero-order chi connectivity index (χ0) is 13.1. The van der Waals surface area contributed by atoms with E-state index in [0.29, 0.717) is 6.54 Å². The summed E-state index contributed by atoms with van der Waals surface area (Å²) in [5, 5.41) is 1.03. The zero-order valence-corrected chi connectivity index (χ0v) is 10.3. The first kappa shape index (κ1) is 11.5. The van der Waals surface area contributed by atoms with Crippen molar-refractivity contribution >= 4 is 10.9 Å². The number of rotatable bonds is 3. The Kier molecular flexibility index (Phi) is 2.98. The van der Waals surface area contributed by atoms with Gasteiger partial charge in [0.25, 0.3) is 5.56 Å². The molecule has 0 spiro atoms. The Morgan fingerprint density at radius 3 is 2.79 bits per heavy atom. The van der Waals surface area contributed by atoms with Gasteiger partial charge in [0.1, 0.15) is 0 Å². The summed E-state index contributed by atoms with van der Waals surface area (Å²) in [5.74, 6) is 0. The van der Waals surface area contributed by atoms with Crippen molar-refractivity contribution in [1.29, 1.82) is 0 Å². The Balaban J connectivity index is 1.96. The molecule has 0 bridgehead atoms. The van der Waals surface area contributed by atoms with E-state index in [0.717, 1.165) is 16.5 Å². The number of fused-ring (bicyclic) bond motifs is 1. The van der Waals surface area contributed by atoms with Gasteiger partial charge in [-0.25, -0.2) is 4.68 Å². The Morgan fingerprint density at radius 2 is 1.95 bits per heavy atom. The fourth-order valence-electron chi connectivity index (χ4n) is 2.02. The third-order valence-corrected chi connectivity index (χ3v) is 2.97. The van der Waals surface area contributed by atoms with Crippen molar-refractivity contribution in [2.45, 2.75) is 6.54 Å². The molecular weight excluding hydrogens is 238 g/mol. The quantitative estimate of drug-likeness (QED) is 0.775. The van der Waals surface area contributed by atoms with E-state index >= 15 is 0 Å². The van der Waals surface area contributed by atoms with Gasteiger partial charge in [0.15, 0.2) is 0 Å². The predicted molar refractivity (Wildman–Crippen MR) is 75.5 cm³/mol. The SMILES string of the molecule is O=c1ccc2ccccc2n1NCc1cccnc1. The minimum absolute atomic E-state index is 0.0670. The second kappa shape index (κ2) is 4.94. The van der Waals surface area contributed by atoms with Crippen molar-refractivity contribution < 1.29 is 0 Å². The van der Waals surface area contributed by atoms with Crippen LogP contribution in [0.5, 0.6) is 0 Å². The van der Waals surface area contributed by atoms with Crippen LogP contribution in [0.3, 0.4) is 0 Å². The number of hydrogen-bond acceptors (Lipinski definition) is 3. The molecule has 0 radical (unpaired) electrons. The van der Waals surface area contributed by atoms with E-state index in [1.807, 2.05) is 42.5 Å². The summed E-state index contributed by atoms with van der Waals surface area (Å²) in [7, 11) is 0. The van der Waals surface area contributed by atoms with Gasteiger partial charge < -0.3 is 5.43 Å². The summed E-state index contributed by atoms with van der Waals surface area (Å²) < 4.78 is 1.57. The molecule has 4 heteroatoms. The standard InChI is InChI=1S/C15H13N3O/c19-15-8-7-13-5-1-2-6-14(13)18(15)17-11-12-4-3-9-16-10-12/h1-10,17H,11H2. The molecule has 2 heterocycles. The predicted octanol–water partition coefficient (Wildman–Crippen LogP) is 2.14. The van der Waals surface area contributed by atoms with Crippen molar-refractivity contribution in [1.82, 2.24) is 9.66 Å². The molecule has 0 fully saturated rings. The van der Waals surface area contributed by atoms with E-state index in [-0.39, 0.29) is 5.56 Å². The molecule has 0 atom stereocenters.